The fourth-order valence-electron chi connectivity index (χ4n) is 0.526. The van der Waals surface area contributed by atoms with E-state index in [4.69, 9.17) is 5.73 Å². The SMILES string of the molecule is Cl.NCCC[SiH]([SiH3])[SiH3]. The van der Waals surface area contributed by atoms with Crippen LogP contribution in [0.5, 0.6) is 0 Å². The second-order valence-electron chi connectivity index (χ2n) is 2.32. The van der Waals surface area contributed by atoms with Crippen LogP contribution in [0, 0.1) is 0 Å². The standard InChI is InChI=1S/C3H15NSi3.ClH/c4-2-1-3-7(5)6;/h7H,1-4H2,5-6H3;1H. The van der Waals surface area contributed by atoms with Crippen LogP contribution in [-0.2, 0) is 0 Å². The molecule has 0 aromatic heterocycles. The first kappa shape index (κ1) is 11.7. The highest BCUT2D eigenvalue weighted by atomic mass is 35.5. The second-order valence-corrected chi connectivity index (χ2v) is 24.4. The molecule has 0 bridgehead atoms. The van der Waals surface area contributed by atoms with Crippen molar-refractivity contribution in [2.24, 2.45) is 5.73 Å². The Morgan fingerprint density at radius 3 is 2.00 bits per heavy atom. The number of rotatable bonds is 3. The lowest BCUT2D eigenvalue weighted by Crippen LogP contribution is -2.14. The fraction of sp³-hybridized carbons (Fsp3) is 1.00. The van der Waals surface area contributed by atoms with E-state index in [1.807, 2.05) is 0 Å². The van der Waals surface area contributed by atoms with Crippen molar-refractivity contribution >= 4 is 39.8 Å². The molecule has 5 heteroatoms. The fourth-order valence-corrected chi connectivity index (χ4v) is 4.03. The van der Waals surface area contributed by atoms with Crippen LogP contribution in [0.2, 0.25) is 6.04 Å². The van der Waals surface area contributed by atoms with E-state index in [9.17, 15) is 0 Å². The molecule has 0 heterocycles. The van der Waals surface area contributed by atoms with Gasteiger partial charge in [-0.25, -0.2) is 0 Å². The monoisotopic (exact) mass is 185 g/mol. The van der Waals surface area contributed by atoms with E-state index in [2.05, 4.69) is 0 Å². The van der Waals surface area contributed by atoms with Crippen LogP contribution >= 0.6 is 12.4 Å². The summed E-state index contributed by atoms with van der Waals surface area (Å²) >= 11 is 0. The van der Waals surface area contributed by atoms with Gasteiger partial charge in [0.25, 0.3) is 0 Å². The maximum atomic E-state index is 5.33. The van der Waals surface area contributed by atoms with Crippen molar-refractivity contribution in [1.82, 2.24) is 0 Å². The van der Waals surface area contributed by atoms with Crippen LogP contribution in [0.15, 0.2) is 0 Å². The van der Waals surface area contributed by atoms with Gasteiger partial charge in [-0.15, -0.1) is 12.4 Å². The molecule has 0 aromatic rings. The largest absolute Gasteiger partial charge is 0.330 e. The molecular weight excluding hydrogens is 170 g/mol. The average Bonchev–Trinajstić information content (AvgIpc) is 1.61. The van der Waals surface area contributed by atoms with Gasteiger partial charge < -0.3 is 5.73 Å². The van der Waals surface area contributed by atoms with E-state index in [1.165, 1.54) is 32.0 Å². The molecule has 0 fully saturated rings. The van der Waals surface area contributed by atoms with Crippen molar-refractivity contribution in [3.05, 3.63) is 0 Å². The van der Waals surface area contributed by atoms with Crippen LogP contribution in [-0.4, -0.2) is 33.9 Å². The second kappa shape index (κ2) is 7.90. The first-order valence-corrected chi connectivity index (χ1v) is 13.0. The molecule has 0 radical (unpaired) electrons. The van der Waals surface area contributed by atoms with Crippen molar-refractivity contribution in [3.63, 3.8) is 0 Å². The maximum Gasteiger partial charge on any atom is 0.00535 e. The van der Waals surface area contributed by atoms with Crippen LogP contribution in [0.25, 0.3) is 0 Å². The van der Waals surface area contributed by atoms with Gasteiger partial charge in [0.15, 0.2) is 0 Å². The van der Waals surface area contributed by atoms with Crippen molar-refractivity contribution in [3.8, 4) is 0 Å². The summed E-state index contributed by atoms with van der Waals surface area (Å²) in [5, 5.41) is 0. The van der Waals surface area contributed by atoms with Gasteiger partial charge in [0.2, 0.25) is 0 Å². The summed E-state index contributed by atoms with van der Waals surface area (Å²) < 4.78 is 0. The van der Waals surface area contributed by atoms with Gasteiger partial charge in [-0.3, -0.25) is 0 Å². The zero-order valence-corrected chi connectivity index (χ0v) is 11.7. The summed E-state index contributed by atoms with van der Waals surface area (Å²) in [6.07, 6.45) is 1.31. The maximum absolute atomic E-state index is 5.33. The molecule has 0 aliphatic rings. The number of nitrogens with two attached hydrogens (primary N) is 1. The van der Waals surface area contributed by atoms with E-state index >= 15 is 0 Å². The Kier molecular flexibility index (Phi) is 11.5. The minimum absolute atomic E-state index is 0. The Bertz CT molecular complexity index is 43.5. The molecule has 0 spiro atoms. The van der Waals surface area contributed by atoms with Crippen molar-refractivity contribution < 1.29 is 0 Å². The third-order valence-corrected chi connectivity index (χ3v) is 6.01. The number of hydrogen-bond donors (Lipinski definition) is 1. The molecule has 0 aliphatic heterocycles. The highest BCUT2D eigenvalue weighted by molar-refractivity contribution is 7.29. The Morgan fingerprint density at radius 2 is 1.88 bits per heavy atom. The lowest BCUT2D eigenvalue weighted by atomic mass is 10.5. The molecule has 0 aromatic carbocycles. The average molecular weight is 186 g/mol. The van der Waals surface area contributed by atoms with Gasteiger partial charge >= 0.3 is 0 Å². The molecule has 8 heavy (non-hydrogen) atoms. The minimum Gasteiger partial charge on any atom is -0.330 e. The summed E-state index contributed by atoms with van der Waals surface area (Å²) in [6, 6.07) is 1.54. The molecule has 2 N–H and O–H groups in total. The molecular formula is C3H16ClNSi3. The Labute approximate surface area is 64.9 Å². The van der Waals surface area contributed by atoms with Crippen molar-refractivity contribution in [2.45, 2.75) is 12.5 Å². The van der Waals surface area contributed by atoms with Crippen LogP contribution in [0.3, 0.4) is 0 Å². The van der Waals surface area contributed by atoms with Gasteiger partial charge in [0.05, 0.1) is 0 Å². The van der Waals surface area contributed by atoms with Gasteiger partial charge in [0, 0.05) is 7.83 Å². The van der Waals surface area contributed by atoms with E-state index in [-0.39, 0.29) is 20.2 Å². The van der Waals surface area contributed by atoms with E-state index in [1.54, 1.807) is 0 Å². The Balaban J connectivity index is 0. The minimum atomic E-state index is 0. The quantitative estimate of drug-likeness (QED) is 0.493. The molecule has 0 amide bonds. The Hall–Kier alpha value is 0.901. The summed E-state index contributed by atoms with van der Waals surface area (Å²) in [5.74, 6) is 0. The Morgan fingerprint density at radius 1 is 1.38 bits per heavy atom. The van der Waals surface area contributed by atoms with Crippen molar-refractivity contribution in [1.29, 1.82) is 0 Å². The normalized spacial score (nSPS) is 13.1. The number of halogens is 1. The summed E-state index contributed by atoms with van der Waals surface area (Å²) in [6.45, 7) is 0.925. The van der Waals surface area contributed by atoms with E-state index in [0.717, 1.165) is 6.54 Å². The van der Waals surface area contributed by atoms with E-state index in [0.29, 0.717) is 0 Å². The lowest BCUT2D eigenvalue weighted by Gasteiger charge is -1.96. The van der Waals surface area contributed by atoms with Gasteiger partial charge in [-0.05, 0) is 32.5 Å². The third kappa shape index (κ3) is 10.0. The summed E-state index contributed by atoms with van der Waals surface area (Å²) in [5.41, 5.74) is 5.33. The predicted molar refractivity (Wildman–Crippen MR) is 52.8 cm³/mol. The zero-order chi connectivity index (χ0) is 5.70. The topological polar surface area (TPSA) is 26.0 Å². The smallest absolute Gasteiger partial charge is 0.00535 e. The highest BCUT2D eigenvalue weighted by Crippen LogP contribution is 1.86. The molecule has 0 saturated carbocycles. The molecule has 1 nitrogen and oxygen atoms in total. The van der Waals surface area contributed by atoms with Crippen molar-refractivity contribution in [2.75, 3.05) is 6.54 Å². The first-order valence-electron chi connectivity index (χ1n) is 2.97. The van der Waals surface area contributed by atoms with Gasteiger partial charge in [0.1, 0.15) is 0 Å². The molecule has 0 aliphatic carbocycles. The molecule has 52 valence electrons. The summed E-state index contributed by atoms with van der Waals surface area (Å²) in [7, 11) is 3.07. The molecule has 0 atom stereocenters. The number of hydrogen-bond acceptors (Lipinski definition) is 1. The van der Waals surface area contributed by atoms with Crippen LogP contribution in [0.1, 0.15) is 6.42 Å². The van der Waals surface area contributed by atoms with Gasteiger partial charge in [-0.2, -0.15) is 0 Å². The molecule has 0 rings (SSSR count). The third-order valence-electron chi connectivity index (χ3n) is 0.986. The zero-order valence-electron chi connectivity index (χ0n) is 5.68. The lowest BCUT2D eigenvalue weighted by molar-refractivity contribution is 0.927. The highest BCUT2D eigenvalue weighted by Gasteiger charge is 1.91. The van der Waals surface area contributed by atoms with Gasteiger partial charge in [-0.1, -0.05) is 6.04 Å². The predicted octanol–water partition coefficient (Wildman–Crippen LogP) is -2.29. The summed E-state index contributed by atoms with van der Waals surface area (Å²) in [4.78, 5) is 0. The molecule has 0 unspecified atom stereocenters. The van der Waals surface area contributed by atoms with Crippen LogP contribution in [0.4, 0.5) is 0 Å². The van der Waals surface area contributed by atoms with Crippen LogP contribution < -0.4 is 5.73 Å². The van der Waals surface area contributed by atoms with E-state index < -0.39 is 0 Å². The molecule has 0 saturated heterocycles. The first-order chi connectivity index (χ1) is 3.27.